The van der Waals surface area contributed by atoms with Crippen molar-refractivity contribution < 1.29 is 29.9 Å². The minimum Gasteiger partial charge on any atom is -0.440 e. The number of hydrogen-bond acceptors (Lipinski definition) is 8. The number of allylic oxidation sites excluding steroid dienone is 1. The van der Waals surface area contributed by atoms with Gasteiger partial charge in [0.05, 0.1) is 6.61 Å². The van der Waals surface area contributed by atoms with E-state index in [1.165, 1.54) is 12.4 Å². The van der Waals surface area contributed by atoms with Gasteiger partial charge in [-0.1, -0.05) is 35.9 Å². The van der Waals surface area contributed by atoms with Gasteiger partial charge in [0.1, 0.15) is 36.3 Å². The molecule has 2 aromatic rings. The molecule has 176 valence electrons. The summed E-state index contributed by atoms with van der Waals surface area (Å²) in [6.07, 6.45) is -1.25. The fourth-order valence-corrected chi connectivity index (χ4v) is 3.70. The van der Waals surface area contributed by atoms with Gasteiger partial charge in [-0.2, -0.15) is 0 Å². The lowest BCUT2D eigenvalue weighted by molar-refractivity contribution is -0.231. The predicted octanol–water partition coefficient (Wildman–Crippen LogP) is 1.84. The molecule has 0 unspecified atom stereocenters. The predicted molar refractivity (Wildman–Crippen MR) is 125 cm³/mol. The molecular weight excluding hydrogens is 448 g/mol. The lowest BCUT2D eigenvalue weighted by Crippen LogP contribution is -2.55. The van der Waals surface area contributed by atoms with Gasteiger partial charge in [0.15, 0.2) is 0 Å². The third-order valence-corrected chi connectivity index (χ3v) is 5.63. The second-order valence-electron chi connectivity index (χ2n) is 7.58. The van der Waals surface area contributed by atoms with E-state index in [0.717, 1.165) is 11.1 Å². The average Bonchev–Trinajstić information content (AvgIpc) is 2.81. The summed E-state index contributed by atoms with van der Waals surface area (Å²) in [7, 11) is 0. The molecule has 0 aliphatic carbocycles. The zero-order valence-electron chi connectivity index (χ0n) is 17.8. The topological polar surface area (TPSA) is 138 Å². The zero-order valence-corrected chi connectivity index (χ0v) is 18.5. The molecule has 0 spiro atoms. The van der Waals surface area contributed by atoms with Gasteiger partial charge in [0.25, 0.3) is 0 Å². The first-order chi connectivity index (χ1) is 15.8. The van der Waals surface area contributed by atoms with E-state index >= 15 is 0 Å². The van der Waals surface area contributed by atoms with Crippen molar-refractivity contribution in [3.8, 4) is 5.75 Å². The van der Waals surface area contributed by atoms with Crippen LogP contribution in [0.5, 0.6) is 5.75 Å². The molecule has 9 heteroatoms. The maximum absolute atomic E-state index is 10.4. The number of benzene rings is 2. The van der Waals surface area contributed by atoms with Crippen LogP contribution in [-0.2, 0) is 11.2 Å². The number of aliphatic hydroxyl groups excluding tert-OH is 4. The Balaban J connectivity index is 1.73. The SMILES string of the molecule is C=C(N=C/C=C\N)Oc1ccc(Cc2cc([C@@H]3O[C@H](CO)[C@@H](O)[C@H](O)[C@H]3O)ccc2Cl)cc1. The molecule has 1 aliphatic heterocycles. The van der Waals surface area contributed by atoms with Crippen molar-refractivity contribution in [2.45, 2.75) is 36.9 Å². The summed E-state index contributed by atoms with van der Waals surface area (Å²) in [5, 5.41) is 40.4. The van der Waals surface area contributed by atoms with E-state index in [0.29, 0.717) is 22.8 Å². The van der Waals surface area contributed by atoms with Gasteiger partial charge in [-0.3, -0.25) is 0 Å². The molecule has 6 N–H and O–H groups in total. The van der Waals surface area contributed by atoms with Gasteiger partial charge in [0, 0.05) is 11.2 Å². The Morgan fingerprint density at radius 3 is 2.52 bits per heavy atom. The van der Waals surface area contributed by atoms with Crippen LogP contribution >= 0.6 is 11.6 Å². The summed E-state index contributed by atoms with van der Waals surface area (Å²) >= 11 is 6.39. The van der Waals surface area contributed by atoms with Gasteiger partial charge in [-0.05, 0) is 60.2 Å². The summed E-state index contributed by atoms with van der Waals surface area (Å²) in [5.41, 5.74) is 7.55. The van der Waals surface area contributed by atoms with Crippen LogP contribution in [0.2, 0.25) is 5.02 Å². The highest BCUT2D eigenvalue weighted by Crippen LogP contribution is 2.34. The standard InChI is InChI=1S/C24H27ClN2O6/c1-14(27-10-2-9-26)32-18-6-3-15(4-7-18)11-17-12-16(5-8-19(17)25)24-23(31)22(30)21(29)20(13-28)33-24/h2-10,12,20-24,28-31H,1,11,13,26H2/b9-2-,27-10?/t20-,21-,22+,23-,24+/m1/s1. The van der Waals surface area contributed by atoms with Gasteiger partial charge in [0.2, 0.25) is 5.88 Å². The second-order valence-corrected chi connectivity index (χ2v) is 7.99. The summed E-state index contributed by atoms with van der Waals surface area (Å²) in [5.74, 6) is 0.787. The third kappa shape index (κ3) is 6.20. The van der Waals surface area contributed by atoms with Crippen molar-refractivity contribution in [2.75, 3.05) is 6.61 Å². The molecule has 0 bridgehead atoms. The van der Waals surface area contributed by atoms with Crippen LogP contribution in [0.15, 0.2) is 72.2 Å². The van der Waals surface area contributed by atoms with E-state index in [-0.39, 0.29) is 5.88 Å². The third-order valence-electron chi connectivity index (χ3n) is 5.26. The number of nitrogens with two attached hydrogens (primary N) is 1. The largest absolute Gasteiger partial charge is 0.440 e. The molecule has 0 saturated carbocycles. The van der Waals surface area contributed by atoms with Crippen LogP contribution in [0.4, 0.5) is 0 Å². The molecule has 1 fully saturated rings. The fraction of sp³-hybridized carbons (Fsp3) is 0.292. The van der Waals surface area contributed by atoms with Crippen LogP contribution in [0.25, 0.3) is 0 Å². The second kappa shape index (κ2) is 11.4. The molecule has 2 aromatic carbocycles. The number of halogens is 1. The van der Waals surface area contributed by atoms with Gasteiger partial charge < -0.3 is 35.6 Å². The van der Waals surface area contributed by atoms with Crippen LogP contribution in [0, 0.1) is 0 Å². The fourth-order valence-electron chi connectivity index (χ4n) is 3.52. The van der Waals surface area contributed by atoms with E-state index in [2.05, 4.69) is 11.6 Å². The molecule has 0 amide bonds. The zero-order chi connectivity index (χ0) is 24.0. The Morgan fingerprint density at radius 2 is 1.85 bits per heavy atom. The minimum absolute atomic E-state index is 0.219. The number of rotatable bonds is 8. The van der Waals surface area contributed by atoms with Crippen molar-refractivity contribution >= 4 is 17.8 Å². The van der Waals surface area contributed by atoms with Crippen molar-refractivity contribution in [2.24, 2.45) is 10.7 Å². The Hall–Kier alpha value is -2.72. The number of aliphatic imine (C=N–C) groups is 1. The van der Waals surface area contributed by atoms with E-state index < -0.39 is 37.1 Å². The Kier molecular flexibility index (Phi) is 8.62. The molecular formula is C24H27ClN2O6. The molecule has 5 atom stereocenters. The molecule has 3 rings (SSSR count). The minimum atomic E-state index is -1.45. The van der Waals surface area contributed by atoms with E-state index in [9.17, 15) is 20.4 Å². The van der Waals surface area contributed by atoms with Crippen molar-refractivity contribution in [1.82, 2.24) is 0 Å². The van der Waals surface area contributed by atoms with Crippen LogP contribution in [-0.4, -0.2) is 57.7 Å². The maximum atomic E-state index is 10.4. The normalized spacial score (nSPS) is 25.5. The van der Waals surface area contributed by atoms with E-state index in [1.807, 2.05) is 12.1 Å². The Bertz CT molecular complexity index is 1010. The Labute approximate surface area is 196 Å². The number of nitrogens with zero attached hydrogens (tertiary/aromatic N) is 1. The Morgan fingerprint density at radius 1 is 1.12 bits per heavy atom. The van der Waals surface area contributed by atoms with Crippen molar-refractivity contribution in [3.05, 3.63) is 88.9 Å². The van der Waals surface area contributed by atoms with Crippen LogP contribution in [0.3, 0.4) is 0 Å². The number of aliphatic hydroxyl groups is 4. The highest BCUT2D eigenvalue weighted by atomic mass is 35.5. The van der Waals surface area contributed by atoms with Gasteiger partial charge in [-0.25, -0.2) is 4.99 Å². The lowest BCUT2D eigenvalue weighted by Gasteiger charge is -2.40. The summed E-state index contributed by atoms with van der Waals surface area (Å²) in [6.45, 7) is 3.22. The molecule has 0 radical (unpaired) electrons. The quantitative estimate of drug-likeness (QED) is 0.290. The van der Waals surface area contributed by atoms with E-state index in [4.69, 9.17) is 26.8 Å². The lowest BCUT2D eigenvalue weighted by atomic mass is 9.90. The highest BCUT2D eigenvalue weighted by molar-refractivity contribution is 6.31. The average molecular weight is 475 g/mol. The summed E-state index contributed by atoms with van der Waals surface area (Å²) in [4.78, 5) is 3.99. The maximum Gasteiger partial charge on any atom is 0.211 e. The smallest absolute Gasteiger partial charge is 0.211 e. The number of hydrogen-bond donors (Lipinski definition) is 5. The molecule has 1 heterocycles. The van der Waals surface area contributed by atoms with Gasteiger partial charge in [-0.15, -0.1) is 0 Å². The van der Waals surface area contributed by atoms with Gasteiger partial charge >= 0.3 is 0 Å². The molecule has 1 aliphatic rings. The molecule has 0 aromatic heterocycles. The summed E-state index contributed by atoms with van der Waals surface area (Å²) in [6, 6.07) is 12.5. The van der Waals surface area contributed by atoms with Crippen molar-refractivity contribution in [3.63, 3.8) is 0 Å². The monoisotopic (exact) mass is 474 g/mol. The first kappa shape index (κ1) is 24.9. The molecule has 8 nitrogen and oxygen atoms in total. The van der Waals surface area contributed by atoms with Crippen LogP contribution < -0.4 is 10.5 Å². The van der Waals surface area contributed by atoms with Crippen molar-refractivity contribution in [1.29, 1.82) is 0 Å². The molecule has 1 saturated heterocycles. The highest BCUT2D eigenvalue weighted by Gasteiger charge is 2.44. The first-order valence-electron chi connectivity index (χ1n) is 10.3. The first-order valence-corrected chi connectivity index (χ1v) is 10.7. The number of ether oxygens (including phenoxy) is 2. The molecule has 33 heavy (non-hydrogen) atoms. The van der Waals surface area contributed by atoms with E-state index in [1.54, 1.807) is 36.4 Å². The van der Waals surface area contributed by atoms with Crippen LogP contribution in [0.1, 0.15) is 22.8 Å². The summed E-state index contributed by atoms with van der Waals surface area (Å²) < 4.78 is 11.2.